The van der Waals surface area contributed by atoms with Crippen LogP contribution >= 0.6 is 0 Å². The quantitative estimate of drug-likeness (QED) is 0.0525. The molecule has 53 heavy (non-hydrogen) atoms. The summed E-state index contributed by atoms with van der Waals surface area (Å²) in [7, 11) is -2.71. The molecule has 0 radical (unpaired) electrons. The van der Waals surface area contributed by atoms with Gasteiger partial charge in [-0.1, -0.05) is 57.5 Å². The van der Waals surface area contributed by atoms with E-state index in [0.29, 0.717) is 57.1 Å². The Morgan fingerprint density at radius 3 is 2.26 bits per heavy atom. The van der Waals surface area contributed by atoms with Gasteiger partial charge < -0.3 is 18.9 Å². The van der Waals surface area contributed by atoms with E-state index < -0.39 is 16.1 Å². The highest BCUT2D eigenvalue weighted by atomic mass is 28.3. The minimum atomic E-state index is -1.39. The molecule has 1 fully saturated rings. The monoisotopic (exact) mass is 758 g/mol. The molecule has 0 N–H and O–H groups in total. The largest absolute Gasteiger partial charge is 0.488 e. The number of nitrogens with zero attached hydrogens (tertiary/aromatic N) is 6. The minimum absolute atomic E-state index is 0.109. The van der Waals surface area contributed by atoms with E-state index in [0.717, 1.165) is 77.0 Å². The molecule has 1 aliphatic carbocycles. The first kappa shape index (κ1) is 38.8. The summed E-state index contributed by atoms with van der Waals surface area (Å²) in [5.41, 5.74) is 5.42. The van der Waals surface area contributed by atoms with E-state index >= 15 is 0 Å². The van der Waals surface area contributed by atoms with E-state index in [1.165, 1.54) is 0 Å². The van der Waals surface area contributed by atoms with Crippen LogP contribution in [0.3, 0.4) is 0 Å². The van der Waals surface area contributed by atoms with Crippen molar-refractivity contribution in [1.82, 2.24) is 28.9 Å². The molecule has 11 nitrogen and oxygen atoms in total. The standard InChI is InChI=1S/C40H58N6O5Si2/c1-9-49-34(47)24-29-16-18-30(19-17-29)36-35-37(50-10-2)40(51-21-23-53(6,7)8)44(28-48-20-22-52(3,4)5)39(35)46-38(43-36)33(26-42-46)31-25-41-45(27-31)32-14-12-11-13-15-32/h11-15,25-27,29-30H,9-10,16-24,28H2,1-8H3. The Morgan fingerprint density at radius 1 is 0.868 bits per heavy atom. The summed E-state index contributed by atoms with van der Waals surface area (Å²) in [6.45, 7) is 20.5. The molecule has 1 saturated carbocycles. The number of aromatic nitrogens is 6. The number of fused-ring (bicyclic) bond motifs is 3. The molecule has 0 amide bonds. The first-order valence-electron chi connectivity index (χ1n) is 19.4. The number of ether oxygens (including phenoxy) is 4. The topological polar surface area (TPSA) is 107 Å². The van der Waals surface area contributed by atoms with E-state index in [2.05, 4.69) is 43.8 Å². The maximum Gasteiger partial charge on any atom is 0.306 e. The minimum Gasteiger partial charge on any atom is -0.488 e. The molecule has 0 unspecified atom stereocenters. The molecule has 0 spiro atoms. The molecule has 4 aromatic heterocycles. The zero-order valence-corrected chi connectivity index (χ0v) is 35.0. The third-order valence-corrected chi connectivity index (χ3v) is 13.5. The van der Waals surface area contributed by atoms with Crippen molar-refractivity contribution in [2.24, 2.45) is 5.92 Å². The number of hydrogen-bond donors (Lipinski definition) is 0. The first-order chi connectivity index (χ1) is 25.4. The SMILES string of the molecule is CCOC(=O)CC1CCC(c2nc3c(-c4cnn(-c5ccccc5)c4)cnn3c3c2c(OCC)c(OCC[Si](C)(C)C)n3COCC[Si](C)(C)C)CC1. The van der Waals surface area contributed by atoms with Crippen LogP contribution in [0.4, 0.5) is 0 Å². The van der Waals surface area contributed by atoms with Crippen molar-refractivity contribution in [3.63, 3.8) is 0 Å². The van der Waals surface area contributed by atoms with Gasteiger partial charge in [-0.05, 0) is 69.7 Å². The van der Waals surface area contributed by atoms with Crippen molar-refractivity contribution in [2.75, 3.05) is 26.4 Å². The van der Waals surface area contributed by atoms with E-state index in [-0.39, 0.29) is 11.9 Å². The Labute approximate surface area is 316 Å². The third kappa shape index (κ3) is 9.23. The Bertz CT molecular complexity index is 1980. The van der Waals surface area contributed by atoms with Gasteiger partial charge in [0.15, 0.2) is 17.0 Å². The van der Waals surface area contributed by atoms with Crippen LogP contribution in [0.2, 0.25) is 51.4 Å². The maximum atomic E-state index is 12.4. The molecule has 0 saturated heterocycles. The molecule has 4 heterocycles. The van der Waals surface area contributed by atoms with Crippen LogP contribution in [0.15, 0.2) is 48.9 Å². The van der Waals surface area contributed by atoms with Crippen molar-refractivity contribution in [2.45, 2.75) is 110 Å². The van der Waals surface area contributed by atoms with Gasteiger partial charge in [0.2, 0.25) is 5.88 Å². The Kier molecular flexibility index (Phi) is 12.1. The normalized spacial score (nSPS) is 16.8. The molecule has 5 aromatic rings. The zero-order valence-electron chi connectivity index (χ0n) is 33.0. The lowest BCUT2D eigenvalue weighted by Crippen LogP contribution is -2.23. The summed E-state index contributed by atoms with van der Waals surface area (Å²) in [4.78, 5) is 17.9. The van der Waals surface area contributed by atoms with Crippen LogP contribution in [0.1, 0.15) is 57.6 Å². The van der Waals surface area contributed by atoms with Gasteiger partial charge in [0.05, 0.1) is 49.0 Å². The van der Waals surface area contributed by atoms with E-state index in [9.17, 15) is 4.79 Å². The molecule has 0 atom stereocenters. The van der Waals surface area contributed by atoms with Crippen LogP contribution in [0.25, 0.3) is 33.5 Å². The van der Waals surface area contributed by atoms with Gasteiger partial charge >= 0.3 is 5.97 Å². The molecule has 1 aliphatic rings. The Hall–Kier alpha value is -3.95. The molecule has 6 rings (SSSR count). The van der Waals surface area contributed by atoms with Gasteiger partial charge in [0.25, 0.3) is 0 Å². The molecular weight excluding hydrogens is 701 g/mol. The second-order valence-corrected chi connectivity index (χ2v) is 28.0. The molecule has 0 bridgehead atoms. The lowest BCUT2D eigenvalue weighted by Gasteiger charge is -2.28. The summed E-state index contributed by atoms with van der Waals surface area (Å²) < 4.78 is 31.1. The van der Waals surface area contributed by atoms with E-state index in [1.807, 2.05) is 72.0 Å². The number of carbonyl (C=O) groups excluding carboxylic acids is 1. The second-order valence-electron chi connectivity index (χ2n) is 16.7. The van der Waals surface area contributed by atoms with Crippen molar-refractivity contribution >= 4 is 38.8 Å². The van der Waals surface area contributed by atoms with Crippen LogP contribution in [-0.4, -0.2) is 77.5 Å². The number of carbonyl (C=O) groups is 1. The Morgan fingerprint density at radius 2 is 1.58 bits per heavy atom. The van der Waals surface area contributed by atoms with Gasteiger partial charge in [0.1, 0.15) is 6.73 Å². The summed E-state index contributed by atoms with van der Waals surface area (Å²) in [6, 6.07) is 12.2. The highest BCUT2D eigenvalue weighted by Gasteiger charge is 2.33. The predicted octanol–water partition coefficient (Wildman–Crippen LogP) is 9.19. The van der Waals surface area contributed by atoms with Crippen molar-refractivity contribution < 1.29 is 23.7 Å². The average Bonchev–Trinajstić information content (AvgIpc) is 3.83. The summed E-state index contributed by atoms with van der Waals surface area (Å²) in [5.74, 6) is 1.73. The molecule has 13 heteroatoms. The molecular formula is C40H58N6O5Si2. The van der Waals surface area contributed by atoms with E-state index in [1.54, 1.807) is 0 Å². The van der Waals surface area contributed by atoms with Crippen molar-refractivity contribution in [1.29, 1.82) is 0 Å². The van der Waals surface area contributed by atoms with Crippen molar-refractivity contribution in [3.8, 4) is 28.4 Å². The van der Waals surface area contributed by atoms with Gasteiger partial charge in [-0.15, -0.1) is 0 Å². The number of para-hydroxylation sites is 1. The Balaban J connectivity index is 1.51. The fourth-order valence-electron chi connectivity index (χ4n) is 7.10. The highest BCUT2D eigenvalue weighted by Crippen LogP contribution is 2.47. The van der Waals surface area contributed by atoms with Gasteiger partial charge in [-0.25, -0.2) is 9.67 Å². The van der Waals surface area contributed by atoms with Crippen LogP contribution in [0, 0.1) is 5.92 Å². The zero-order chi connectivity index (χ0) is 37.8. The van der Waals surface area contributed by atoms with Gasteiger partial charge in [-0.3, -0.25) is 9.36 Å². The number of benzene rings is 1. The number of hydrogen-bond acceptors (Lipinski definition) is 8. The predicted molar refractivity (Wildman–Crippen MR) is 216 cm³/mol. The maximum absolute atomic E-state index is 12.4. The lowest BCUT2D eigenvalue weighted by molar-refractivity contribution is -0.144. The molecule has 286 valence electrons. The third-order valence-electron chi connectivity index (χ3n) is 10.1. The first-order valence-corrected chi connectivity index (χ1v) is 26.8. The number of esters is 1. The van der Waals surface area contributed by atoms with Crippen LogP contribution in [-0.2, 0) is 21.0 Å². The summed E-state index contributed by atoms with van der Waals surface area (Å²) in [6.07, 6.45) is 9.95. The number of rotatable bonds is 17. The van der Waals surface area contributed by atoms with E-state index in [4.69, 9.17) is 34.1 Å². The average molecular weight is 759 g/mol. The molecule has 1 aromatic carbocycles. The molecule has 0 aliphatic heterocycles. The lowest BCUT2D eigenvalue weighted by atomic mass is 9.78. The highest BCUT2D eigenvalue weighted by molar-refractivity contribution is 6.76. The van der Waals surface area contributed by atoms with Crippen molar-refractivity contribution in [3.05, 3.63) is 54.6 Å². The van der Waals surface area contributed by atoms with Gasteiger partial charge in [-0.2, -0.15) is 14.7 Å². The van der Waals surface area contributed by atoms with Gasteiger partial charge in [0, 0.05) is 52.4 Å². The smallest absolute Gasteiger partial charge is 0.306 e. The van der Waals surface area contributed by atoms with Crippen LogP contribution < -0.4 is 9.47 Å². The van der Waals surface area contributed by atoms with Crippen LogP contribution in [0.5, 0.6) is 11.6 Å². The summed E-state index contributed by atoms with van der Waals surface area (Å²) in [5, 5.41) is 10.6. The fraction of sp³-hybridized carbons (Fsp3) is 0.550. The summed E-state index contributed by atoms with van der Waals surface area (Å²) >= 11 is 0. The fourth-order valence-corrected chi connectivity index (χ4v) is 8.57. The second kappa shape index (κ2) is 16.6.